The van der Waals surface area contributed by atoms with Crippen LogP contribution in [0, 0.1) is 6.92 Å². The van der Waals surface area contributed by atoms with Gasteiger partial charge in [0.1, 0.15) is 0 Å². The van der Waals surface area contributed by atoms with Gasteiger partial charge in [-0.15, -0.1) is 0 Å². The van der Waals surface area contributed by atoms with Gasteiger partial charge in [-0.25, -0.2) is 4.79 Å². The second-order valence-electron chi connectivity index (χ2n) is 4.75. The molecule has 0 aliphatic carbocycles. The van der Waals surface area contributed by atoms with Gasteiger partial charge in [-0.3, -0.25) is 4.79 Å². The molecule has 3 aromatic rings. The first kappa shape index (κ1) is 13.1. The van der Waals surface area contributed by atoms with Crippen LogP contribution in [0.25, 0.3) is 16.5 Å². The molecule has 1 N–H and O–H groups in total. The fourth-order valence-electron chi connectivity index (χ4n) is 2.21. The molecular weight excluding hydrogens is 268 g/mol. The Hall–Kier alpha value is -2.95. The number of carbonyl (C=O) groups is 1. The van der Waals surface area contributed by atoms with Gasteiger partial charge in [0.25, 0.3) is 5.56 Å². The Kier molecular flexibility index (Phi) is 3.02. The molecule has 1 aromatic heterocycles. The second kappa shape index (κ2) is 4.86. The van der Waals surface area contributed by atoms with Crippen molar-refractivity contribution in [2.45, 2.75) is 6.92 Å². The molecule has 2 aromatic carbocycles. The van der Waals surface area contributed by atoms with Gasteiger partial charge in [0, 0.05) is 5.39 Å². The van der Waals surface area contributed by atoms with Crippen LogP contribution in [0.4, 0.5) is 0 Å². The summed E-state index contributed by atoms with van der Waals surface area (Å²) in [5, 5.41) is 14.0. The second-order valence-corrected chi connectivity index (χ2v) is 4.75. The highest BCUT2D eigenvalue weighted by atomic mass is 16.4. The highest BCUT2D eigenvalue weighted by Crippen LogP contribution is 2.15. The zero-order valence-electron chi connectivity index (χ0n) is 11.3. The Morgan fingerprint density at radius 2 is 1.67 bits per heavy atom. The first-order chi connectivity index (χ1) is 10.1. The molecule has 21 heavy (non-hydrogen) atoms. The molecule has 0 aliphatic heterocycles. The summed E-state index contributed by atoms with van der Waals surface area (Å²) in [6.45, 7) is 1.93. The van der Waals surface area contributed by atoms with Crippen molar-refractivity contribution in [3.05, 3.63) is 70.1 Å². The maximum Gasteiger partial charge on any atom is 0.357 e. The lowest BCUT2D eigenvalue weighted by Gasteiger charge is -2.09. The van der Waals surface area contributed by atoms with E-state index in [0.717, 1.165) is 10.2 Å². The zero-order valence-corrected chi connectivity index (χ0v) is 11.3. The van der Waals surface area contributed by atoms with Gasteiger partial charge in [-0.05, 0) is 25.1 Å². The molecule has 0 aliphatic rings. The molecule has 5 heteroatoms. The van der Waals surface area contributed by atoms with Crippen molar-refractivity contribution in [2.75, 3.05) is 0 Å². The van der Waals surface area contributed by atoms with E-state index in [4.69, 9.17) is 0 Å². The van der Waals surface area contributed by atoms with Gasteiger partial charge in [0.15, 0.2) is 5.69 Å². The third-order valence-electron chi connectivity index (χ3n) is 3.29. The van der Waals surface area contributed by atoms with E-state index in [0.29, 0.717) is 16.5 Å². The summed E-state index contributed by atoms with van der Waals surface area (Å²) in [6, 6.07) is 13.8. The first-order valence-electron chi connectivity index (χ1n) is 6.40. The number of fused-ring (bicyclic) bond motifs is 1. The minimum Gasteiger partial charge on any atom is -0.476 e. The number of benzene rings is 2. The molecule has 0 radical (unpaired) electrons. The van der Waals surface area contributed by atoms with Crippen molar-refractivity contribution < 1.29 is 9.90 Å². The number of carboxylic acids is 1. The Morgan fingerprint density at radius 3 is 2.29 bits per heavy atom. The van der Waals surface area contributed by atoms with Crippen molar-refractivity contribution in [1.82, 2.24) is 9.78 Å². The fourth-order valence-corrected chi connectivity index (χ4v) is 2.21. The van der Waals surface area contributed by atoms with Gasteiger partial charge in [0.05, 0.1) is 11.1 Å². The summed E-state index contributed by atoms with van der Waals surface area (Å²) in [6.07, 6.45) is 0. The molecule has 0 unspecified atom stereocenters. The average Bonchev–Trinajstić information content (AvgIpc) is 2.49. The Bertz CT molecular complexity index is 896. The van der Waals surface area contributed by atoms with Gasteiger partial charge >= 0.3 is 5.97 Å². The van der Waals surface area contributed by atoms with E-state index in [2.05, 4.69) is 5.10 Å². The molecule has 5 nitrogen and oxygen atoms in total. The maximum absolute atomic E-state index is 12.5. The van der Waals surface area contributed by atoms with Crippen LogP contribution < -0.4 is 5.56 Å². The Labute approximate surface area is 120 Å². The van der Waals surface area contributed by atoms with E-state index in [9.17, 15) is 14.7 Å². The number of hydrogen-bond donors (Lipinski definition) is 1. The molecule has 104 valence electrons. The minimum absolute atomic E-state index is 0.134. The van der Waals surface area contributed by atoms with E-state index < -0.39 is 5.97 Å². The molecular formula is C16H12N2O3. The number of carboxylic acid groups (broad SMARTS) is 1. The molecule has 0 atom stereocenters. The summed E-state index contributed by atoms with van der Waals surface area (Å²) >= 11 is 0. The third kappa shape index (κ3) is 2.18. The molecule has 0 saturated heterocycles. The smallest absolute Gasteiger partial charge is 0.357 e. The largest absolute Gasteiger partial charge is 0.476 e. The number of nitrogens with zero attached hydrogens (tertiary/aromatic N) is 2. The standard InChI is InChI=1S/C16H12N2O3/c1-10-6-8-11(9-7-10)18-15(19)13-5-3-2-4-12(13)14(17-18)16(20)21/h2-9H,1H3,(H,20,21). The minimum atomic E-state index is -1.16. The summed E-state index contributed by atoms with van der Waals surface area (Å²) in [5.41, 5.74) is 1.12. The zero-order chi connectivity index (χ0) is 15.0. The van der Waals surface area contributed by atoms with Gasteiger partial charge in [-0.1, -0.05) is 35.9 Å². The molecule has 0 fully saturated rings. The molecule has 0 bridgehead atoms. The lowest BCUT2D eigenvalue weighted by molar-refractivity contribution is 0.0691. The Balaban J connectivity index is 2.39. The quantitative estimate of drug-likeness (QED) is 0.782. The van der Waals surface area contributed by atoms with E-state index in [-0.39, 0.29) is 11.3 Å². The van der Waals surface area contributed by atoms with Crippen molar-refractivity contribution in [3.8, 4) is 5.69 Å². The predicted molar refractivity (Wildman–Crippen MR) is 79.0 cm³/mol. The Morgan fingerprint density at radius 1 is 1.05 bits per heavy atom. The van der Waals surface area contributed by atoms with Crippen molar-refractivity contribution in [3.63, 3.8) is 0 Å². The number of aromatic carboxylic acids is 1. The SMILES string of the molecule is Cc1ccc(-n2nc(C(=O)O)c3ccccc3c2=O)cc1. The van der Waals surface area contributed by atoms with Gasteiger partial charge < -0.3 is 5.11 Å². The van der Waals surface area contributed by atoms with Crippen molar-refractivity contribution in [1.29, 1.82) is 0 Å². The first-order valence-corrected chi connectivity index (χ1v) is 6.40. The predicted octanol–water partition coefficient (Wildman–Crippen LogP) is 2.39. The average molecular weight is 280 g/mol. The van der Waals surface area contributed by atoms with Crippen LogP contribution in [0.1, 0.15) is 16.1 Å². The van der Waals surface area contributed by atoms with Gasteiger partial charge in [0.2, 0.25) is 0 Å². The monoisotopic (exact) mass is 280 g/mol. The number of hydrogen-bond acceptors (Lipinski definition) is 3. The number of aryl methyl sites for hydroxylation is 1. The van der Waals surface area contributed by atoms with E-state index in [1.54, 1.807) is 36.4 Å². The lowest BCUT2D eigenvalue weighted by Crippen LogP contribution is -2.24. The summed E-state index contributed by atoms with van der Waals surface area (Å²) in [5.74, 6) is -1.16. The number of rotatable bonds is 2. The molecule has 0 saturated carbocycles. The van der Waals surface area contributed by atoms with Crippen LogP contribution in [0.5, 0.6) is 0 Å². The lowest BCUT2D eigenvalue weighted by atomic mass is 10.1. The van der Waals surface area contributed by atoms with E-state index in [1.165, 1.54) is 0 Å². The van der Waals surface area contributed by atoms with Crippen molar-refractivity contribution >= 4 is 16.7 Å². The normalized spacial score (nSPS) is 10.7. The molecule has 0 spiro atoms. The van der Waals surface area contributed by atoms with Crippen LogP contribution >= 0.6 is 0 Å². The summed E-state index contributed by atoms with van der Waals surface area (Å²) < 4.78 is 1.13. The van der Waals surface area contributed by atoms with E-state index >= 15 is 0 Å². The highest BCUT2D eigenvalue weighted by molar-refractivity contribution is 6.01. The topological polar surface area (TPSA) is 72.2 Å². The van der Waals surface area contributed by atoms with Gasteiger partial charge in [-0.2, -0.15) is 9.78 Å². The van der Waals surface area contributed by atoms with E-state index in [1.807, 2.05) is 19.1 Å². The van der Waals surface area contributed by atoms with Crippen molar-refractivity contribution in [2.24, 2.45) is 0 Å². The summed E-state index contributed by atoms with van der Waals surface area (Å²) in [7, 11) is 0. The molecule has 3 rings (SSSR count). The fraction of sp³-hybridized carbons (Fsp3) is 0.0625. The molecule has 0 amide bonds. The van der Waals surface area contributed by atoms with Crippen LogP contribution in [-0.4, -0.2) is 20.9 Å². The van der Waals surface area contributed by atoms with Crippen LogP contribution in [0.15, 0.2) is 53.3 Å². The van der Waals surface area contributed by atoms with Crippen LogP contribution in [-0.2, 0) is 0 Å². The third-order valence-corrected chi connectivity index (χ3v) is 3.29. The summed E-state index contributed by atoms with van der Waals surface area (Å²) in [4.78, 5) is 23.9. The number of aromatic nitrogens is 2. The molecule has 1 heterocycles. The highest BCUT2D eigenvalue weighted by Gasteiger charge is 2.16. The van der Waals surface area contributed by atoms with Crippen LogP contribution in [0.2, 0.25) is 0 Å². The maximum atomic E-state index is 12.5. The van der Waals surface area contributed by atoms with Crippen LogP contribution in [0.3, 0.4) is 0 Å².